The van der Waals surface area contributed by atoms with Crippen molar-refractivity contribution in [3.8, 4) is 16.9 Å². The van der Waals surface area contributed by atoms with Crippen LogP contribution in [-0.2, 0) is 22.8 Å². The maximum absolute atomic E-state index is 14.0. The fraction of sp³-hybridized carbons (Fsp3) is 0.233. The molecule has 2 N–H and O–H groups in total. The van der Waals surface area contributed by atoms with Gasteiger partial charge in [-0.05, 0) is 55.2 Å². The lowest BCUT2D eigenvalue weighted by Crippen LogP contribution is -2.26. The molecule has 0 aliphatic carbocycles. The molecule has 1 aromatic heterocycles. The van der Waals surface area contributed by atoms with Gasteiger partial charge in [0.1, 0.15) is 5.75 Å². The van der Waals surface area contributed by atoms with E-state index in [-0.39, 0.29) is 16.4 Å². The van der Waals surface area contributed by atoms with Gasteiger partial charge >= 0.3 is 0 Å². The van der Waals surface area contributed by atoms with Gasteiger partial charge in [-0.2, -0.15) is 0 Å². The van der Waals surface area contributed by atoms with Gasteiger partial charge in [-0.15, -0.1) is 0 Å². The molecule has 3 aromatic carbocycles. The predicted molar refractivity (Wildman–Crippen MR) is 148 cm³/mol. The van der Waals surface area contributed by atoms with Gasteiger partial charge in [-0.1, -0.05) is 60.7 Å². The van der Waals surface area contributed by atoms with Gasteiger partial charge in [0.25, 0.3) is 0 Å². The number of nitrogens with zero attached hydrogens (tertiary/aromatic N) is 1. The van der Waals surface area contributed by atoms with Gasteiger partial charge in [0.05, 0.1) is 12.0 Å². The molecule has 0 spiro atoms. The molecule has 1 atom stereocenters. The fourth-order valence-electron chi connectivity index (χ4n) is 4.83. The Bertz CT molecular complexity index is 1590. The summed E-state index contributed by atoms with van der Waals surface area (Å²) in [5.74, 6) is 0.647. The lowest BCUT2D eigenvalue weighted by Gasteiger charge is -2.24. The van der Waals surface area contributed by atoms with Crippen molar-refractivity contribution in [2.45, 2.75) is 37.8 Å². The number of benzene rings is 3. The molecule has 4 rings (SSSR count). The number of methoxy groups -OCH3 is 1. The Balaban J connectivity index is 1.94. The number of pyridine rings is 1. The second kappa shape index (κ2) is 10.7. The normalized spacial score (nSPS) is 12.4. The minimum atomic E-state index is -3.44. The molecule has 0 fully saturated rings. The topological polar surface area (TPSA) is 91.4 Å². The molecule has 6 nitrogen and oxygen atoms in total. The van der Waals surface area contributed by atoms with Crippen LogP contribution in [-0.4, -0.2) is 26.4 Å². The van der Waals surface area contributed by atoms with Crippen molar-refractivity contribution in [1.29, 1.82) is 0 Å². The lowest BCUT2D eigenvalue weighted by molar-refractivity contribution is 0.415. The predicted octanol–water partition coefficient (Wildman–Crippen LogP) is 4.84. The van der Waals surface area contributed by atoms with E-state index in [1.165, 1.54) is 6.26 Å². The molecule has 1 heterocycles. The first-order valence-corrected chi connectivity index (χ1v) is 14.0. The zero-order chi connectivity index (χ0) is 26.7. The van der Waals surface area contributed by atoms with E-state index in [2.05, 4.69) is 0 Å². The summed E-state index contributed by atoms with van der Waals surface area (Å²) in [4.78, 5) is 14.3. The Morgan fingerprint density at radius 1 is 0.919 bits per heavy atom. The number of sulfone groups is 1. The Kier molecular flexibility index (Phi) is 7.66. The number of ether oxygens (including phenoxy) is 1. The third-order valence-electron chi connectivity index (χ3n) is 6.82. The second-order valence-electron chi connectivity index (χ2n) is 9.27. The SMILES string of the molecule is COc1cccc(-c2c(C)n(Cc3ccccc3S(C)(=O)=O)c(C)c(CC(N)c3ccccc3)c2=O)c1. The van der Waals surface area contributed by atoms with Crippen LogP contribution < -0.4 is 15.9 Å². The third-order valence-corrected chi connectivity index (χ3v) is 8.02. The summed E-state index contributed by atoms with van der Waals surface area (Å²) in [6.45, 7) is 4.10. The first-order chi connectivity index (χ1) is 17.6. The van der Waals surface area contributed by atoms with E-state index < -0.39 is 9.84 Å². The first-order valence-electron chi connectivity index (χ1n) is 12.1. The maximum Gasteiger partial charge on any atom is 0.193 e. The molecule has 0 bridgehead atoms. The molecule has 0 aliphatic heterocycles. The van der Waals surface area contributed by atoms with Crippen LogP contribution in [0.15, 0.2) is 88.6 Å². The smallest absolute Gasteiger partial charge is 0.193 e. The van der Waals surface area contributed by atoms with E-state index in [9.17, 15) is 13.2 Å². The monoisotopic (exact) mass is 516 g/mol. The van der Waals surface area contributed by atoms with Gasteiger partial charge in [0.2, 0.25) is 0 Å². The summed E-state index contributed by atoms with van der Waals surface area (Å²) in [6.07, 6.45) is 1.56. The van der Waals surface area contributed by atoms with Crippen LogP contribution in [0, 0.1) is 13.8 Å². The van der Waals surface area contributed by atoms with Crippen LogP contribution in [0.2, 0.25) is 0 Å². The molecule has 0 saturated carbocycles. The van der Waals surface area contributed by atoms with Gasteiger partial charge in [-0.25, -0.2) is 8.42 Å². The summed E-state index contributed by atoms with van der Waals surface area (Å²) in [5, 5.41) is 0. The molecule has 4 aromatic rings. The summed E-state index contributed by atoms with van der Waals surface area (Å²) in [5.41, 5.74) is 11.5. The van der Waals surface area contributed by atoms with Crippen LogP contribution in [0.3, 0.4) is 0 Å². The first kappa shape index (κ1) is 26.4. The average molecular weight is 517 g/mol. The molecular formula is C30H32N2O4S. The number of nitrogens with two attached hydrogens (primary N) is 1. The minimum absolute atomic E-state index is 0.0812. The second-order valence-corrected chi connectivity index (χ2v) is 11.3. The average Bonchev–Trinajstić information content (AvgIpc) is 2.89. The van der Waals surface area contributed by atoms with Gasteiger partial charge in [-0.3, -0.25) is 4.79 Å². The number of rotatable bonds is 8. The highest BCUT2D eigenvalue weighted by molar-refractivity contribution is 7.90. The standard InChI is InChI=1S/C30H32N2O4S/c1-20-26(18-27(31)22-11-6-5-7-12-22)30(33)29(23-14-10-15-25(17-23)36-3)21(2)32(20)19-24-13-8-9-16-28(24)37(4,34)35/h5-17,27H,18-19,31H2,1-4H3. The van der Waals surface area contributed by atoms with E-state index in [1.807, 2.05) is 85.1 Å². The fourth-order valence-corrected chi connectivity index (χ4v) is 5.76. The Morgan fingerprint density at radius 3 is 2.27 bits per heavy atom. The van der Waals surface area contributed by atoms with Crippen LogP contribution >= 0.6 is 0 Å². The maximum atomic E-state index is 14.0. The van der Waals surface area contributed by atoms with Crippen molar-refractivity contribution < 1.29 is 13.2 Å². The van der Waals surface area contributed by atoms with E-state index in [4.69, 9.17) is 10.5 Å². The highest BCUT2D eigenvalue weighted by Gasteiger charge is 2.22. The highest BCUT2D eigenvalue weighted by atomic mass is 32.2. The van der Waals surface area contributed by atoms with Crippen LogP contribution in [0.5, 0.6) is 5.75 Å². The van der Waals surface area contributed by atoms with E-state index in [0.29, 0.717) is 35.4 Å². The van der Waals surface area contributed by atoms with Crippen molar-refractivity contribution in [3.05, 3.63) is 117 Å². The molecule has 37 heavy (non-hydrogen) atoms. The molecule has 0 amide bonds. The third kappa shape index (κ3) is 5.53. The number of aromatic nitrogens is 1. The lowest BCUT2D eigenvalue weighted by atomic mass is 9.93. The summed E-state index contributed by atoms with van der Waals surface area (Å²) in [7, 11) is -1.85. The largest absolute Gasteiger partial charge is 0.497 e. The zero-order valence-corrected chi connectivity index (χ0v) is 22.4. The zero-order valence-electron chi connectivity index (χ0n) is 21.6. The Morgan fingerprint density at radius 2 is 1.59 bits per heavy atom. The van der Waals surface area contributed by atoms with E-state index in [1.54, 1.807) is 19.2 Å². The molecule has 0 saturated heterocycles. The van der Waals surface area contributed by atoms with Crippen molar-refractivity contribution in [1.82, 2.24) is 4.57 Å². The number of hydrogen-bond acceptors (Lipinski definition) is 5. The molecule has 0 radical (unpaired) electrons. The van der Waals surface area contributed by atoms with Crippen LogP contribution in [0.1, 0.15) is 34.1 Å². The van der Waals surface area contributed by atoms with E-state index in [0.717, 1.165) is 22.5 Å². The van der Waals surface area contributed by atoms with Gasteiger partial charge in [0.15, 0.2) is 15.3 Å². The van der Waals surface area contributed by atoms with E-state index >= 15 is 0 Å². The number of hydrogen-bond donors (Lipinski definition) is 1. The summed E-state index contributed by atoms with van der Waals surface area (Å²) < 4.78 is 32.5. The van der Waals surface area contributed by atoms with Crippen molar-refractivity contribution >= 4 is 9.84 Å². The van der Waals surface area contributed by atoms with Crippen LogP contribution in [0.4, 0.5) is 0 Å². The Labute approximate surface area is 218 Å². The van der Waals surface area contributed by atoms with Crippen LogP contribution in [0.25, 0.3) is 11.1 Å². The van der Waals surface area contributed by atoms with Crippen molar-refractivity contribution in [3.63, 3.8) is 0 Å². The molecule has 7 heteroatoms. The molecule has 1 unspecified atom stereocenters. The van der Waals surface area contributed by atoms with Crippen molar-refractivity contribution in [2.75, 3.05) is 13.4 Å². The molecule has 192 valence electrons. The van der Waals surface area contributed by atoms with Gasteiger partial charge < -0.3 is 15.0 Å². The van der Waals surface area contributed by atoms with Crippen molar-refractivity contribution in [2.24, 2.45) is 5.73 Å². The quantitative estimate of drug-likeness (QED) is 0.362. The highest BCUT2D eigenvalue weighted by Crippen LogP contribution is 2.29. The van der Waals surface area contributed by atoms with Gasteiger partial charge in [0, 0.05) is 41.4 Å². The summed E-state index contributed by atoms with van der Waals surface area (Å²) in [6, 6.07) is 23.7. The minimum Gasteiger partial charge on any atom is -0.497 e. The summed E-state index contributed by atoms with van der Waals surface area (Å²) >= 11 is 0. The Hall–Kier alpha value is -3.68. The molecule has 0 aliphatic rings. The molecular weight excluding hydrogens is 484 g/mol.